The zero-order chi connectivity index (χ0) is 10.2. The van der Waals surface area contributed by atoms with Crippen LogP contribution in [0.25, 0.3) is 0 Å². The second kappa shape index (κ2) is 3.70. The summed E-state index contributed by atoms with van der Waals surface area (Å²) in [6.07, 6.45) is 0. The molecule has 0 aromatic carbocycles. The van der Waals surface area contributed by atoms with Gasteiger partial charge in [0.2, 0.25) is 0 Å². The molecule has 74 valence electrons. The van der Waals surface area contributed by atoms with E-state index >= 15 is 0 Å². The molecule has 0 aliphatic carbocycles. The molecular weight excluding hydrogens is 184 g/mol. The summed E-state index contributed by atoms with van der Waals surface area (Å²) in [5.74, 6) is 0.427. The maximum absolute atomic E-state index is 6.17. The number of halogens is 1. The normalized spacial score (nSPS) is 11.7. The molecular formula is C10H17ClN2. The first-order chi connectivity index (χ1) is 5.95. The van der Waals surface area contributed by atoms with E-state index in [0.29, 0.717) is 12.0 Å². The molecule has 0 bridgehead atoms. The molecule has 0 radical (unpaired) electrons. The van der Waals surface area contributed by atoms with Gasteiger partial charge in [0, 0.05) is 6.04 Å². The minimum Gasteiger partial charge on any atom is -0.265 e. The summed E-state index contributed by atoms with van der Waals surface area (Å²) in [5, 5.41) is 5.24. The lowest BCUT2D eigenvalue weighted by Crippen LogP contribution is -2.08. The number of hydrogen-bond acceptors (Lipinski definition) is 1. The summed E-state index contributed by atoms with van der Waals surface area (Å²) < 4.78 is 2.02. The van der Waals surface area contributed by atoms with Crippen molar-refractivity contribution in [2.75, 3.05) is 0 Å². The highest BCUT2D eigenvalue weighted by Crippen LogP contribution is 2.29. The summed E-state index contributed by atoms with van der Waals surface area (Å²) in [5.41, 5.74) is 2.08. The molecule has 0 saturated carbocycles. The van der Waals surface area contributed by atoms with Crippen LogP contribution in [0, 0.1) is 6.92 Å². The molecule has 1 aromatic heterocycles. The fourth-order valence-corrected chi connectivity index (χ4v) is 1.80. The van der Waals surface area contributed by atoms with E-state index in [1.165, 1.54) is 0 Å². The van der Waals surface area contributed by atoms with Crippen LogP contribution < -0.4 is 0 Å². The minimum atomic E-state index is 0.378. The molecule has 0 aliphatic heterocycles. The molecule has 0 saturated heterocycles. The average Bonchev–Trinajstić information content (AvgIpc) is 2.28. The third-order valence-electron chi connectivity index (χ3n) is 2.08. The van der Waals surface area contributed by atoms with E-state index in [1.807, 2.05) is 11.6 Å². The van der Waals surface area contributed by atoms with Gasteiger partial charge in [0.25, 0.3) is 0 Å². The van der Waals surface area contributed by atoms with Gasteiger partial charge in [-0.3, -0.25) is 4.68 Å². The summed E-state index contributed by atoms with van der Waals surface area (Å²) in [4.78, 5) is 0. The average molecular weight is 201 g/mol. The van der Waals surface area contributed by atoms with Crippen molar-refractivity contribution in [3.63, 3.8) is 0 Å². The highest BCUT2D eigenvalue weighted by atomic mass is 35.5. The topological polar surface area (TPSA) is 17.8 Å². The fraction of sp³-hybridized carbons (Fsp3) is 0.700. The van der Waals surface area contributed by atoms with Gasteiger partial charge in [0.05, 0.1) is 16.4 Å². The quantitative estimate of drug-likeness (QED) is 0.714. The van der Waals surface area contributed by atoms with E-state index in [0.717, 1.165) is 16.4 Å². The van der Waals surface area contributed by atoms with Crippen molar-refractivity contribution >= 4 is 11.6 Å². The number of aryl methyl sites for hydroxylation is 1. The van der Waals surface area contributed by atoms with Crippen LogP contribution in [0.5, 0.6) is 0 Å². The van der Waals surface area contributed by atoms with Crippen LogP contribution in [0.2, 0.25) is 5.02 Å². The smallest absolute Gasteiger partial charge is 0.0849 e. The predicted octanol–water partition coefficient (Wildman–Crippen LogP) is 3.55. The lowest BCUT2D eigenvalue weighted by molar-refractivity contribution is 0.495. The Labute approximate surface area is 84.9 Å². The van der Waals surface area contributed by atoms with Crippen LogP contribution in [0.15, 0.2) is 0 Å². The van der Waals surface area contributed by atoms with Crippen LogP contribution in [-0.4, -0.2) is 9.78 Å². The maximum atomic E-state index is 6.17. The molecule has 0 N–H and O–H groups in total. The molecule has 2 nitrogen and oxygen atoms in total. The number of nitrogens with zero attached hydrogens (tertiary/aromatic N) is 2. The van der Waals surface area contributed by atoms with Crippen LogP contribution in [0.3, 0.4) is 0 Å². The van der Waals surface area contributed by atoms with E-state index in [4.69, 9.17) is 11.6 Å². The van der Waals surface area contributed by atoms with Crippen molar-refractivity contribution in [2.45, 2.75) is 46.6 Å². The molecule has 1 heterocycles. The molecule has 3 heteroatoms. The van der Waals surface area contributed by atoms with Crippen molar-refractivity contribution < 1.29 is 0 Å². The van der Waals surface area contributed by atoms with Crippen molar-refractivity contribution in [1.82, 2.24) is 9.78 Å². The van der Waals surface area contributed by atoms with Crippen LogP contribution in [0.1, 0.15) is 51.0 Å². The Hall–Kier alpha value is -0.500. The third kappa shape index (κ3) is 1.88. The number of aromatic nitrogens is 2. The van der Waals surface area contributed by atoms with Gasteiger partial charge in [-0.25, -0.2) is 0 Å². The molecule has 0 amide bonds. The predicted molar refractivity (Wildman–Crippen MR) is 56.4 cm³/mol. The van der Waals surface area contributed by atoms with Crippen LogP contribution >= 0.6 is 11.6 Å². The Morgan fingerprint density at radius 1 is 1.23 bits per heavy atom. The first-order valence-corrected chi connectivity index (χ1v) is 5.07. The van der Waals surface area contributed by atoms with E-state index in [2.05, 4.69) is 32.8 Å². The largest absolute Gasteiger partial charge is 0.265 e. The Bertz CT molecular complexity index is 300. The number of rotatable bonds is 2. The van der Waals surface area contributed by atoms with Gasteiger partial charge < -0.3 is 0 Å². The van der Waals surface area contributed by atoms with E-state index in [1.54, 1.807) is 0 Å². The van der Waals surface area contributed by atoms with Gasteiger partial charge in [-0.2, -0.15) is 5.10 Å². The van der Waals surface area contributed by atoms with Gasteiger partial charge in [-0.1, -0.05) is 25.4 Å². The highest BCUT2D eigenvalue weighted by molar-refractivity contribution is 6.31. The van der Waals surface area contributed by atoms with E-state index in [9.17, 15) is 0 Å². The zero-order valence-electron chi connectivity index (χ0n) is 8.93. The van der Waals surface area contributed by atoms with Crippen LogP contribution in [-0.2, 0) is 0 Å². The van der Waals surface area contributed by atoms with Crippen molar-refractivity contribution in [3.05, 3.63) is 16.4 Å². The van der Waals surface area contributed by atoms with E-state index < -0.39 is 0 Å². The summed E-state index contributed by atoms with van der Waals surface area (Å²) in [6, 6.07) is 0.378. The molecule has 0 spiro atoms. The van der Waals surface area contributed by atoms with Crippen molar-refractivity contribution in [1.29, 1.82) is 0 Å². The Balaban J connectivity index is 3.27. The molecule has 0 aliphatic rings. The molecule has 1 aromatic rings. The summed E-state index contributed by atoms with van der Waals surface area (Å²) in [6.45, 7) is 10.5. The second-order valence-electron chi connectivity index (χ2n) is 3.98. The monoisotopic (exact) mass is 200 g/mol. The van der Waals surface area contributed by atoms with Gasteiger partial charge in [0.1, 0.15) is 0 Å². The first-order valence-electron chi connectivity index (χ1n) is 4.69. The second-order valence-corrected chi connectivity index (χ2v) is 4.36. The summed E-state index contributed by atoms with van der Waals surface area (Å²) >= 11 is 6.17. The highest BCUT2D eigenvalue weighted by Gasteiger charge is 2.17. The zero-order valence-corrected chi connectivity index (χ0v) is 9.68. The lowest BCUT2D eigenvalue weighted by Gasteiger charge is -2.13. The molecule has 1 rings (SSSR count). The molecule has 0 unspecified atom stereocenters. The van der Waals surface area contributed by atoms with Gasteiger partial charge in [-0.05, 0) is 26.7 Å². The van der Waals surface area contributed by atoms with Crippen molar-refractivity contribution in [2.24, 2.45) is 0 Å². The van der Waals surface area contributed by atoms with Gasteiger partial charge in [-0.15, -0.1) is 0 Å². The minimum absolute atomic E-state index is 0.378. The SMILES string of the molecule is Cc1nn(C(C)C)c(C(C)C)c1Cl. The third-order valence-corrected chi connectivity index (χ3v) is 2.55. The van der Waals surface area contributed by atoms with Crippen molar-refractivity contribution in [3.8, 4) is 0 Å². The van der Waals surface area contributed by atoms with E-state index in [-0.39, 0.29) is 0 Å². The molecule has 13 heavy (non-hydrogen) atoms. The first kappa shape index (κ1) is 10.6. The van der Waals surface area contributed by atoms with Crippen LogP contribution in [0.4, 0.5) is 0 Å². The lowest BCUT2D eigenvalue weighted by atomic mass is 10.1. The fourth-order valence-electron chi connectivity index (χ4n) is 1.46. The number of hydrogen-bond donors (Lipinski definition) is 0. The molecule has 0 atom stereocenters. The van der Waals surface area contributed by atoms with Gasteiger partial charge >= 0.3 is 0 Å². The maximum Gasteiger partial charge on any atom is 0.0849 e. The Kier molecular flexibility index (Phi) is 3.01. The standard InChI is InChI=1S/C10H17ClN2/c1-6(2)10-9(11)8(5)12-13(10)7(3)4/h6-7H,1-5H3. The Morgan fingerprint density at radius 3 is 2.08 bits per heavy atom. The van der Waals surface area contributed by atoms with Gasteiger partial charge in [0.15, 0.2) is 0 Å². The summed E-state index contributed by atoms with van der Waals surface area (Å²) in [7, 11) is 0. The molecule has 0 fully saturated rings. The Morgan fingerprint density at radius 2 is 1.77 bits per heavy atom.